The average molecular weight is 562 g/mol. The van der Waals surface area contributed by atoms with Gasteiger partial charge in [0.25, 0.3) is 5.56 Å². The molecule has 6 rings (SSSR count). The molecule has 2 aliphatic heterocycles. The molecule has 6 heteroatoms. The van der Waals surface area contributed by atoms with E-state index in [2.05, 4.69) is 73.3 Å². The summed E-state index contributed by atoms with van der Waals surface area (Å²) in [5.74, 6) is 2.64. The van der Waals surface area contributed by atoms with Crippen molar-refractivity contribution in [3.05, 3.63) is 68.2 Å². The molecule has 3 heterocycles. The van der Waals surface area contributed by atoms with E-state index in [9.17, 15) is 9.90 Å². The minimum absolute atomic E-state index is 0.161. The molecule has 5 nitrogen and oxygen atoms in total. The number of fused-ring (bicyclic) bond motifs is 5. The van der Waals surface area contributed by atoms with Gasteiger partial charge in [-0.05, 0) is 117 Å². The first kappa shape index (κ1) is 27.9. The second kappa shape index (κ2) is 10.3. The van der Waals surface area contributed by atoms with Crippen molar-refractivity contribution >= 4 is 22.5 Å². The van der Waals surface area contributed by atoms with E-state index in [1.54, 1.807) is 0 Å². The van der Waals surface area contributed by atoms with E-state index in [0.29, 0.717) is 28.9 Å². The van der Waals surface area contributed by atoms with E-state index < -0.39 is 0 Å². The second-order valence-electron chi connectivity index (χ2n) is 14.2. The lowest BCUT2D eigenvalue weighted by molar-refractivity contribution is 0.127. The molecule has 2 aromatic carbocycles. The lowest BCUT2D eigenvalue weighted by Gasteiger charge is -2.36. The molecule has 0 spiro atoms. The molecule has 0 atom stereocenters. The van der Waals surface area contributed by atoms with Crippen LogP contribution in [0.1, 0.15) is 102 Å². The van der Waals surface area contributed by atoms with Crippen molar-refractivity contribution in [3.63, 3.8) is 0 Å². The number of aliphatic hydroxyl groups is 1. The lowest BCUT2D eigenvalue weighted by Crippen LogP contribution is -2.37. The van der Waals surface area contributed by atoms with E-state index in [1.807, 2.05) is 6.07 Å². The van der Waals surface area contributed by atoms with Gasteiger partial charge < -0.3 is 10.0 Å². The number of hydrogen-bond acceptors (Lipinski definition) is 4. The molecule has 40 heavy (non-hydrogen) atoms. The molecule has 1 saturated heterocycles. The summed E-state index contributed by atoms with van der Waals surface area (Å²) in [5.41, 5.74) is 4.99. The number of halogens is 1. The van der Waals surface area contributed by atoms with E-state index in [0.717, 1.165) is 41.6 Å². The van der Waals surface area contributed by atoms with Crippen LogP contribution in [0.25, 0.3) is 16.6 Å². The van der Waals surface area contributed by atoms with Gasteiger partial charge in [-0.1, -0.05) is 50.6 Å². The Morgan fingerprint density at radius 3 is 2.33 bits per heavy atom. The van der Waals surface area contributed by atoms with Gasteiger partial charge in [0.15, 0.2) is 0 Å². The second-order valence-corrected chi connectivity index (χ2v) is 14.6. The summed E-state index contributed by atoms with van der Waals surface area (Å²) in [6.45, 7) is 14.8. The predicted molar refractivity (Wildman–Crippen MR) is 164 cm³/mol. The van der Waals surface area contributed by atoms with Crippen LogP contribution < -0.4 is 5.56 Å². The molecule has 0 amide bonds. The third-order valence-corrected chi connectivity index (χ3v) is 10.4. The third kappa shape index (κ3) is 4.72. The highest BCUT2D eigenvalue weighted by Crippen LogP contribution is 2.46. The van der Waals surface area contributed by atoms with Gasteiger partial charge in [-0.15, -0.1) is 0 Å². The summed E-state index contributed by atoms with van der Waals surface area (Å²) in [4.78, 5) is 20.7. The molecule has 0 bridgehead atoms. The molecule has 214 valence electrons. The first-order valence-corrected chi connectivity index (χ1v) is 15.6. The molecule has 1 saturated carbocycles. The van der Waals surface area contributed by atoms with Crippen molar-refractivity contribution in [1.82, 2.24) is 14.5 Å². The number of rotatable bonds is 4. The maximum Gasteiger partial charge on any atom is 0.282 e. The first-order chi connectivity index (χ1) is 19.0. The molecule has 0 radical (unpaired) electrons. The Morgan fingerprint density at radius 2 is 1.68 bits per heavy atom. The Kier molecular flexibility index (Phi) is 7.16. The number of nitrogens with zero attached hydrogens (tertiary/aromatic N) is 3. The van der Waals surface area contributed by atoms with Crippen LogP contribution in [0.5, 0.6) is 0 Å². The van der Waals surface area contributed by atoms with Crippen LogP contribution in [0.15, 0.2) is 35.1 Å². The molecule has 1 aromatic heterocycles. The molecule has 1 N–H and O–H groups in total. The van der Waals surface area contributed by atoms with Crippen molar-refractivity contribution in [3.8, 4) is 5.69 Å². The fraction of sp³-hybridized carbons (Fsp3) is 0.588. The Hall–Kier alpha value is -2.21. The van der Waals surface area contributed by atoms with Gasteiger partial charge >= 0.3 is 0 Å². The van der Waals surface area contributed by atoms with E-state index in [1.165, 1.54) is 56.2 Å². The Bertz CT molecular complexity index is 1490. The van der Waals surface area contributed by atoms with Crippen LogP contribution in [-0.2, 0) is 10.8 Å². The zero-order valence-electron chi connectivity index (χ0n) is 24.8. The van der Waals surface area contributed by atoms with Gasteiger partial charge in [0.1, 0.15) is 5.82 Å². The van der Waals surface area contributed by atoms with Gasteiger partial charge in [-0.25, -0.2) is 0 Å². The SMILES string of the molecule is CC(C)(C)c1ccc(Cl)c2c(=O)nc3n(c12)-c1cc(C2CCN(CC4CCC(CO)CC4)CC2)ccc1C3(C)C. The van der Waals surface area contributed by atoms with E-state index >= 15 is 0 Å². The summed E-state index contributed by atoms with van der Waals surface area (Å²) in [5, 5.41) is 10.5. The number of benzene rings is 2. The van der Waals surface area contributed by atoms with E-state index in [4.69, 9.17) is 11.6 Å². The molecular weight excluding hydrogens is 518 g/mol. The van der Waals surface area contributed by atoms with Crippen molar-refractivity contribution in [1.29, 1.82) is 0 Å². The normalized spacial score (nSPS) is 23.4. The summed E-state index contributed by atoms with van der Waals surface area (Å²) >= 11 is 6.67. The Labute approximate surface area is 243 Å². The van der Waals surface area contributed by atoms with Crippen molar-refractivity contribution in [2.75, 3.05) is 26.2 Å². The zero-order chi connectivity index (χ0) is 28.4. The molecule has 3 aromatic rings. The monoisotopic (exact) mass is 561 g/mol. The summed E-state index contributed by atoms with van der Waals surface area (Å²) in [6, 6.07) is 10.9. The predicted octanol–water partition coefficient (Wildman–Crippen LogP) is 6.95. The van der Waals surface area contributed by atoms with Gasteiger partial charge in [0.2, 0.25) is 0 Å². The van der Waals surface area contributed by atoms with Crippen LogP contribution in [0.3, 0.4) is 0 Å². The maximum absolute atomic E-state index is 13.4. The van der Waals surface area contributed by atoms with Gasteiger partial charge in [-0.2, -0.15) is 4.98 Å². The van der Waals surface area contributed by atoms with Crippen LogP contribution in [0, 0.1) is 11.8 Å². The summed E-state index contributed by atoms with van der Waals surface area (Å²) in [7, 11) is 0. The van der Waals surface area contributed by atoms with Crippen molar-refractivity contribution < 1.29 is 5.11 Å². The maximum atomic E-state index is 13.4. The van der Waals surface area contributed by atoms with Crippen molar-refractivity contribution in [2.45, 2.75) is 89.9 Å². The standard InChI is InChI=1S/C34H44ClN3O2/c1-33(2,3)26-12-13-27(35)29-30(26)38-28-18-24(10-11-25(28)34(4,5)32(38)36-31(29)40)23-14-16-37(17-15-23)19-21-6-8-22(20-39)9-7-21/h10-13,18,21-23,39H,6-9,14-17,19-20H2,1-5H3. The van der Waals surface area contributed by atoms with Crippen LogP contribution >= 0.6 is 11.6 Å². The topological polar surface area (TPSA) is 58.4 Å². The minimum Gasteiger partial charge on any atom is -0.396 e. The minimum atomic E-state index is -0.378. The number of likely N-dealkylation sites (tertiary alicyclic amines) is 1. The molecule has 1 aliphatic carbocycles. The fourth-order valence-electron chi connectivity index (χ4n) is 7.62. The van der Waals surface area contributed by atoms with Crippen LogP contribution in [0.4, 0.5) is 0 Å². The van der Waals surface area contributed by atoms with Gasteiger partial charge in [-0.3, -0.25) is 9.36 Å². The van der Waals surface area contributed by atoms with Crippen molar-refractivity contribution in [2.24, 2.45) is 11.8 Å². The number of aromatic nitrogens is 2. The number of aliphatic hydroxyl groups excluding tert-OH is 1. The number of hydrogen-bond donors (Lipinski definition) is 1. The first-order valence-electron chi connectivity index (χ1n) is 15.2. The highest BCUT2D eigenvalue weighted by atomic mass is 35.5. The Balaban J connectivity index is 1.33. The van der Waals surface area contributed by atoms with Crippen LogP contribution in [-0.4, -0.2) is 45.8 Å². The summed E-state index contributed by atoms with van der Waals surface area (Å²) < 4.78 is 2.25. The smallest absolute Gasteiger partial charge is 0.282 e. The molecule has 3 aliphatic rings. The molecular formula is C34H44ClN3O2. The van der Waals surface area contributed by atoms with Gasteiger partial charge in [0.05, 0.1) is 27.0 Å². The number of piperidine rings is 1. The summed E-state index contributed by atoms with van der Waals surface area (Å²) in [6.07, 6.45) is 7.22. The van der Waals surface area contributed by atoms with Gasteiger partial charge in [0, 0.05) is 13.2 Å². The highest BCUT2D eigenvalue weighted by molar-refractivity contribution is 6.35. The van der Waals surface area contributed by atoms with Crippen LogP contribution in [0.2, 0.25) is 5.02 Å². The zero-order valence-corrected chi connectivity index (χ0v) is 25.5. The largest absolute Gasteiger partial charge is 0.396 e. The highest BCUT2D eigenvalue weighted by Gasteiger charge is 2.40. The quantitative estimate of drug-likeness (QED) is 0.374. The third-order valence-electron chi connectivity index (χ3n) is 10.1. The van der Waals surface area contributed by atoms with E-state index in [-0.39, 0.29) is 16.4 Å². The molecule has 2 fully saturated rings. The molecule has 0 unspecified atom stereocenters. The lowest BCUT2D eigenvalue weighted by atomic mass is 9.81. The fourth-order valence-corrected chi connectivity index (χ4v) is 7.85. The Morgan fingerprint density at radius 1 is 1.00 bits per heavy atom. The average Bonchev–Trinajstić information content (AvgIpc) is 3.14.